The Kier molecular flexibility index (Phi) is 4.18. The lowest BCUT2D eigenvalue weighted by Crippen LogP contribution is -1.89. The fourth-order valence-corrected chi connectivity index (χ4v) is 2.85. The average Bonchev–Trinajstić information content (AvgIpc) is 2.25. The first-order valence-electron chi connectivity index (χ1n) is 4.59. The van der Waals surface area contributed by atoms with E-state index in [4.69, 9.17) is 34.8 Å². The minimum atomic E-state index is -0.314. The number of hydrogen-bond donors (Lipinski definition) is 0. The standard InChI is InChI=1S/C12H5Cl3FI/c13-7-4-6(5-8(14)12(7)15)11-9(16)2-1-3-10(11)17/h1-5H. The molecule has 17 heavy (non-hydrogen) atoms. The molecular formula is C12H5Cl3FI. The Morgan fingerprint density at radius 1 is 1.00 bits per heavy atom. The highest BCUT2D eigenvalue weighted by Crippen LogP contribution is 2.37. The molecule has 0 bridgehead atoms. The molecule has 0 amide bonds. The van der Waals surface area contributed by atoms with Gasteiger partial charge in [0.05, 0.1) is 15.1 Å². The summed E-state index contributed by atoms with van der Waals surface area (Å²) in [4.78, 5) is 0. The monoisotopic (exact) mass is 400 g/mol. The highest BCUT2D eigenvalue weighted by molar-refractivity contribution is 14.1. The van der Waals surface area contributed by atoms with E-state index in [0.29, 0.717) is 21.2 Å². The van der Waals surface area contributed by atoms with Crippen LogP contribution in [0.4, 0.5) is 4.39 Å². The van der Waals surface area contributed by atoms with Crippen molar-refractivity contribution in [3.8, 4) is 11.1 Å². The van der Waals surface area contributed by atoms with Gasteiger partial charge in [0, 0.05) is 9.13 Å². The van der Waals surface area contributed by atoms with Crippen molar-refractivity contribution in [2.75, 3.05) is 0 Å². The van der Waals surface area contributed by atoms with E-state index in [2.05, 4.69) is 22.6 Å². The summed E-state index contributed by atoms with van der Waals surface area (Å²) in [5.41, 5.74) is 1.10. The minimum Gasteiger partial charge on any atom is -0.206 e. The second kappa shape index (κ2) is 5.31. The van der Waals surface area contributed by atoms with Gasteiger partial charge in [0.15, 0.2) is 0 Å². The number of rotatable bonds is 1. The summed E-state index contributed by atoms with van der Waals surface area (Å²) in [6.07, 6.45) is 0. The van der Waals surface area contributed by atoms with Gasteiger partial charge in [-0.15, -0.1) is 0 Å². The van der Waals surface area contributed by atoms with Crippen molar-refractivity contribution in [1.29, 1.82) is 0 Å². The van der Waals surface area contributed by atoms with Crippen molar-refractivity contribution in [3.05, 3.63) is 54.8 Å². The maximum Gasteiger partial charge on any atom is 0.132 e. The third-order valence-electron chi connectivity index (χ3n) is 2.24. The van der Waals surface area contributed by atoms with Gasteiger partial charge in [-0.3, -0.25) is 0 Å². The van der Waals surface area contributed by atoms with Crippen molar-refractivity contribution in [3.63, 3.8) is 0 Å². The summed E-state index contributed by atoms with van der Waals surface area (Å²) >= 11 is 19.8. The lowest BCUT2D eigenvalue weighted by Gasteiger charge is -2.08. The van der Waals surface area contributed by atoms with Crippen molar-refractivity contribution in [1.82, 2.24) is 0 Å². The van der Waals surface area contributed by atoms with Crippen LogP contribution in [0.3, 0.4) is 0 Å². The van der Waals surface area contributed by atoms with Crippen LogP contribution < -0.4 is 0 Å². The van der Waals surface area contributed by atoms with Crippen LogP contribution in [0.1, 0.15) is 0 Å². The van der Waals surface area contributed by atoms with Gasteiger partial charge in [0.2, 0.25) is 0 Å². The van der Waals surface area contributed by atoms with Crippen LogP contribution in [0, 0.1) is 9.39 Å². The third-order valence-corrected chi connectivity index (χ3v) is 4.33. The Balaban J connectivity index is 2.69. The van der Waals surface area contributed by atoms with E-state index < -0.39 is 0 Å². The van der Waals surface area contributed by atoms with Crippen molar-refractivity contribution in [2.45, 2.75) is 0 Å². The molecule has 0 aromatic heterocycles. The van der Waals surface area contributed by atoms with E-state index in [9.17, 15) is 4.39 Å². The maximum absolute atomic E-state index is 13.8. The number of halogens is 5. The Morgan fingerprint density at radius 2 is 1.59 bits per heavy atom. The van der Waals surface area contributed by atoms with Gasteiger partial charge in [-0.25, -0.2) is 4.39 Å². The second-order valence-corrected chi connectivity index (χ2v) is 5.71. The molecule has 88 valence electrons. The van der Waals surface area contributed by atoms with E-state index in [0.717, 1.165) is 3.57 Å². The van der Waals surface area contributed by atoms with Gasteiger partial charge in [0.25, 0.3) is 0 Å². The zero-order valence-corrected chi connectivity index (χ0v) is 12.7. The Bertz CT molecular complexity index is 541. The van der Waals surface area contributed by atoms with E-state index in [-0.39, 0.29) is 10.8 Å². The molecule has 2 aromatic carbocycles. The van der Waals surface area contributed by atoms with E-state index >= 15 is 0 Å². The third kappa shape index (κ3) is 2.70. The molecule has 0 aliphatic carbocycles. The summed E-state index contributed by atoms with van der Waals surface area (Å²) in [5.74, 6) is -0.314. The Hall–Kier alpha value is -0.0300. The van der Waals surface area contributed by atoms with Gasteiger partial charge in [-0.1, -0.05) is 40.9 Å². The van der Waals surface area contributed by atoms with Crippen LogP contribution in [0.2, 0.25) is 15.1 Å². The normalized spacial score (nSPS) is 10.6. The molecule has 0 unspecified atom stereocenters. The van der Waals surface area contributed by atoms with E-state index in [1.165, 1.54) is 6.07 Å². The minimum absolute atomic E-state index is 0.281. The molecule has 0 aliphatic heterocycles. The van der Waals surface area contributed by atoms with Gasteiger partial charge < -0.3 is 0 Å². The summed E-state index contributed by atoms with van der Waals surface area (Å²) < 4.78 is 14.6. The predicted octanol–water partition coefficient (Wildman–Crippen LogP) is 6.06. The first-order valence-corrected chi connectivity index (χ1v) is 6.81. The van der Waals surface area contributed by atoms with Crippen LogP contribution in [0.25, 0.3) is 11.1 Å². The fraction of sp³-hybridized carbons (Fsp3) is 0. The highest BCUT2D eigenvalue weighted by atomic mass is 127. The van der Waals surface area contributed by atoms with Crippen molar-refractivity contribution < 1.29 is 4.39 Å². The summed E-state index contributed by atoms with van der Waals surface area (Å²) in [7, 11) is 0. The molecule has 5 heteroatoms. The van der Waals surface area contributed by atoms with E-state index in [1.54, 1.807) is 18.2 Å². The smallest absolute Gasteiger partial charge is 0.132 e. The van der Waals surface area contributed by atoms with Gasteiger partial charge >= 0.3 is 0 Å². The van der Waals surface area contributed by atoms with Crippen LogP contribution in [0.15, 0.2) is 30.3 Å². The fourth-order valence-electron chi connectivity index (χ4n) is 1.47. The first kappa shape index (κ1) is 13.4. The lowest BCUT2D eigenvalue weighted by molar-refractivity contribution is 0.630. The SMILES string of the molecule is Fc1cccc(I)c1-c1cc(Cl)c(Cl)c(Cl)c1. The second-order valence-electron chi connectivity index (χ2n) is 3.35. The van der Waals surface area contributed by atoms with Crippen molar-refractivity contribution in [2.24, 2.45) is 0 Å². The lowest BCUT2D eigenvalue weighted by atomic mass is 10.1. The quantitative estimate of drug-likeness (QED) is 0.403. The molecule has 0 radical (unpaired) electrons. The van der Waals surface area contributed by atoms with Gasteiger partial charge in [-0.2, -0.15) is 0 Å². The molecule has 0 spiro atoms. The molecule has 0 heterocycles. The highest BCUT2D eigenvalue weighted by Gasteiger charge is 2.13. The molecule has 0 saturated carbocycles. The molecule has 0 saturated heterocycles. The maximum atomic E-state index is 13.8. The summed E-state index contributed by atoms with van der Waals surface area (Å²) in [6, 6.07) is 8.08. The number of benzene rings is 2. The molecular weight excluding hydrogens is 396 g/mol. The average molecular weight is 401 g/mol. The molecule has 0 fully saturated rings. The van der Waals surface area contributed by atoms with Crippen LogP contribution in [-0.4, -0.2) is 0 Å². The molecule has 0 N–H and O–H groups in total. The van der Waals surface area contributed by atoms with E-state index in [1.807, 2.05) is 6.07 Å². The predicted molar refractivity (Wildman–Crippen MR) is 79.6 cm³/mol. The van der Waals surface area contributed by atoms with Gasteiger partial charge in [0.1, 0.15) is 5.82 Å². The Morgan fingerprint density at radius 3 is 2.12 bits per heavy atom. The number of hydrogen-bond acceptors (Lipinski definition) is 0. The zero-order valence-electron chi connectivity index (χ0n) is 8.28. The van der Waals surface area contributed by atoms with Crippen LogP contribution in [-0.2, 0) is 0 Å². The van der Waals surface area contributed by atoms with Crippen LogP contribution in [0.5, 0.6) is 0 Å². The summed E-state index contributed by atoms with van der Waals surface area (Å²) in [5, 5.41) is 0.907. The Labute approximate surface area is 127 Å². The topological polar surface area (TPSA) is 0 Å². The first-order chi connectivity index (χ1) is 8.00. The summed E-state index contributed by atoms with van der Waals surface area (Å²) in [6.45, 7) is 0. The molecule has 0 aliphatic rings. The zero-order chi connectivity index (χ0) is 12.6. The molecule has 0 atom stereocenters. The van der Waals surface area contributed by atoms with Crippen LogP contribution >= 0.6 is 57.4 Å². The van der Waals surface area contributed by atoms with Gasteiger partial charge in [-0.05, 0) is 52.4 Å². The molecule has 2 rings (SSSR count). The molecule has 2 aromatic rings. The van der Waals surface area contributed by atoms with Crippen molar-refractivity contribution >= 4 is 57.4 Å². The molecule has 0 nitrogen and oxygen atoms in total. The largest absolute Gasteiger partial charge is 0.206 e.